The van der Waals surface area contributed by atoms with E-state index in [1.807, 2.05) is 35.9 Å². The van der Waals surface area contributed by atoms with Gasteiger partial charge in [0.05, 0.1) is 18.4 Å². The number of nitrogens with zero attached hydrogens (tertiary/aromatic N) is 4. The number of thioether (sulfide) groups is 1. The van der Waals surface area contributed by atoms with Crippen molar-refractivity contribution in [2.75, 3.05) is 18.2 Å². The molecule has 9 heteroatoms. The van der Waals surface area contributed by atoms with Crippen LogP contribution in [0.4, 0.5) is 5.00 Å². The molecule has 0 saturated heterocycles. The third-order valence-electron chi connectivity index (χ3n) is 6.37. The number of thiophene rings is 1. The molecule has 1 atom stereocenters. The molecule has 0 radical (unpaired) electrons. The summed E-state index contributed by atoms with van der Waals surface area (Å²) in [5, 5.41) is 22.6. The zero-order valence-corrected chi connectivity index (χ0v) is 21.8. The SMILES string of the molecule is COc1ccc(-c2nnc(SCC(=O)Nc3sc4c(c3C#N)CCC(C(C)(C)C)C4)n2C)cc1. The van der Waals surface area contributed by atoms with E-state index in [1.165, 1.54) is 16.6 Å². The van der Waals surface area contributed by atoms with Crippen molar-refractivity contribution in [2.24, 2.45) is 18.4 Å². The fraction of sp³-hybridized carbons (Fsp3) is 0.440. The third-order valence-corrected chi connectivity index (χ3v) is 8.56. The Bertz CT molecular complexity index is 1230. The normalized spacial score (nSPS) is 15.5. The first-order valence-electron chi connectivity index (χ1n) is 11.2. The Morgan fingerprint density at radius 1 is 1.32 bits per heavy atom. The molecule has 1 amide bonds. The van der Waals surface area contributed by atoms with Gasteiger partial charge in [-0.05, 0) is 60.4 Å². The van der Waals surface area contributed by atoms with Gasteiger partial charge < -0.3 is 14.6 Å². The van der Waals surface area contributed by atoms with E-state index < -0.39 is 0 Å². The molecular weight excluding hydrogens is 466 g/mol. The second-order valence-electron chi connectivity index (χ2n) is 9.56. The smallest absolute Gasteiger partial charge is 0.235 e. The molecule has 1 N–H and O–H groups in total. The standard InChI is InChI=1S/C25H29N5O2S2/c1-25(2,3)16-8-11-18-19(13-26)23(34-20(18)12-16)27-21(31)14-33-24-29-28-22(30(24)4)15-6-9-17(32-5)10-7-15/h6-7,9-10,16H,8,11-12,14H2,1-5H3,(H,27,31). The van der Waals surface area contributed by atoms with Crippen LogP contribution in [-0.4, -0.2) is 33.5 Å². The quantitative estimate of drug-likeness (QED) is 0.466. The van der Waals surface area contributed by atoms with Crippen LogP contribution in [0.25, 0.3) is 11.4 Å². The molecule has 0 saturated carbocycles. The van der Waals surface area contributed by atoms with Crippen molar-refractivity contribution < 1.29 is 9.53 Å². The van der Waals surface area contributed by atoms with Crippen LogP contribution in [0.5, 0.6) is 5.75 Å². The monoisotopic (exact) mass is 495 g/mol. The molecule has 1 aromatic carbocycles. The van der Waals surface area contributed by atoms with Gasteiger partial charge in [-0.3, -0.25) is 4.79 Å². The molecule has 1 aliphatic rings. The predicted octanol–water partition coefficient (Wildman–Crippen LogP) is 5.31. The van der Waals surface area contributed by atoms with Gasteiger partial charge in [-0.2, -0.15) is 5.26 Å². The van der Waals surface area contributed by atoms with E-state index in [-0.39, 0.29) is 17.1 Å². The topological polar surface area (TPSA) is 92.8 Å². The van der Waals surface area contributed by atoms with Gasteiger partial charge in [0, 0.05) is 17.5 Å². The number of hydrogen-bond donors (Lipinski definition) is 1. The molecule has 0 spiro atoms. The average molecular weight is 496 g/mol. The van der Waals surface area contributed by atoms with Crippen molar-refractivity contribution in [2.45, 2.75) is 45.2 Å². The molecule has 2 aromatic heterocycles. The zero-order valence-electron chi connectivity index (χ0n) is 20.1. The van der Waals surface area contributed by atoms with Gasteiger partial charge in [-0.1, -0.05) is 32.5 Å². The Morgan fingerprint density at radius 3 is 2.71 bits per heavy atom. The number of nitrogens with one attached hydrogen (secondary N) is 1. The van der Waals surface area contributed by atoms with Crippen molar-refractivity contribution >= 4 is 34.0 Å². The highest BCUT2D eigenvalue weighted by atomic mass is 32.2. The van der Waals surface area contributed by atoms with Gasteiger partial charge in [0.15, 0.2) is 11.0 Å². The number of fused-ring (bicyclic) bond motifs is 1. The van der Waals surface area contributed by atoms with Gasteiger partial charge in [0.1, 0.15) is 16.8 Å². The molecule has 7 nitrogen and oxygen atoms in total. The second kappa shape index (κ2) is 9.80. The number of ether oxygens (including phenoxy) is 1. The van der Waals surface area contributed by atoms with Crippen LogP contribution in [0.1, 0.15) is 43.2 Å². The van der Waals surface area contributed by atoms with Crippen LogP contribution in [0.2, 0.25) is 0 Å². The van der Waals surface area contributed by atoms with Gasteiger partial charge in [0.2, 0.25) is 5.91 Å². The largest absolute Gasteiger partial charge is 0.497 e. The molecule has 3 aromatic rings. The molecule has 1 aliphatic carbocycles. The van der Waals surface area contributed by atoms with Crippen molar-refractivity contribution in [3.05, 3.63) is 40.3 Å². The highest BCUT2D eigenvalue weighted by Crippen LogP contribution is 2.44. The number of aromatic nitrogens is 3. The number of nitriles is 1. The third kappa shape index (κ3) is 4.98. The second-order valence-corrected chi connectivity index (χ2v) is 11.6. The van der Waals surface area contributed by atoms with Crippen LogP contribution in [0.15, 0.2) is 29.4 Å². The fourth-order valence-corrected chi connectivity index (χ4v) is 6.26. The lowest BCUT2D eigenvalue weighted by Crippen LogP contribution is -2.26. The summed E-state index contributed by atoms with van der Waals surface area (Å²) in [6.07, 6.45) is 2.94. The van der Waals surface area contributed by atoms with Gasteiger partial charge in [0.25, 0.3) is 0 Å². The van der Waals surface area contributed by atoms with Crippen LogP contribution < -0.4 is 10.1 Å². The lowest BCUT2D eigenvalue weighted by molar-refractivity contribution is -0.113. The maximum atomic E-state index is 12.7. The molecule has 4 rings (SSSR count). The Balaban J connectivity index is 1.42. The minimum Gasteiger partial charge on any atom is -0.497 e. The molecule has 0 bridgehead atoms. The number of amides is 1. The van der Waals surface area contributed by atoms with E-state index in [0.717, 1.165) is 42.0 Å². The number of benzene rings is 1. The number of hydrogen-bond acceptors (Lipinski definition) is 7. The number of rotatable bonds is 6. The van der Waals surface area contributed by atoms with E-state index in [4.69, 9.17) is 4.74 Å². The van der Waals surface area contributed by atoms with Crippen LogP contribution in [0.3, 0.4) is 0 Å². The highest BCUT2D eigenvalue weighted by molar-refractivity contribution is 7.99. The highest BCUT2D eigenvalue weighted by Gasteiger charge is 2.32. The lowest BCUT2D eigenvalue weighted by atomic mass is 9.72. The molecular formula is C25H29N5O2S2. The lowest BCUT2D eigenvalue weighted by Gasteiger charge is -2.33. The number of carbonyl (C=O) groups excluding carboxylic acids is 1. The summed E-state index contributed by atoms with van der Waals surface area (Å²) < 4.78 is 7.08. The van der Waals surface area contributed by atoms with Crippen LogP contribution >= 0.6 is 23.1 Å². The first kappa shape index (κ1) is 24.3. The van der Waals surface area contributed by atoms with Crippen LogP contribution in [-0.2, 0) is 24.7 Å². The molecule has 34 heavy (non-hydrogen) atoms. The Hall–Kier alpha value is -2.83. The zero-order chi connectivity index (χ0) is 24.5. The Morgan fingerprint density at radius 2 is 2.06 bits per heavy atom. The van der Waals surface area contributed by atoms with Gasteiger partial charge in [-0.15, -0.1) is 21.5 Å². The summed E-state index contributed by atoms with van der Waals surface area (Å²) >= 11 is 2.88. The summed E-state index contributed by atoms with van der Waals surface area (Å²) in [6.45, 7) is 6.82. The molecule has 0 fully saturated rings. The summed E-state index contributed by atoms with van der Waals surface area (Å²) in [6, 6.07) is 9.94. The minimum absolute atomic E-state index is 0.151. The van der Waals surface area contributed by atoms with E-state index >= 15 is 0 Å². The summed E-state index contributed by atoms with van der Waals surface area (Å²) in [7, 11) is 3.51. The number of anilines is 1. The first-order chi connectivity index (χ1) is 16.2. The maximum Gasteiger partial charge on any atom is 0.235 e. The van der Waals surface area contributed by atoms with E-state index in [2.05, 4.69) is 42.4 Å². The van der Waals surface area contributed by atoms with E-state index in [0.29, 0.717) is 21.6 Å². The number of carbonyl (C=O) groups is 1. The summed E-state index contributed by atoms with van der Waals surface area (Å²) in [5.74, 6) is 2.11. The maximum absolute atomic E-state index is 12.7. The summed E-state index contributed by atoms with van der Waals surface area (Å²) in [4.78, 5) is 14.0. The van der Waals surface area contributed by atoms with Gasteiger partial charge >= 0.3 is 0 Å². The minimum atomic E-state index is -0.151. The Kier molecular flexibility index (Phi) is 7.01. The van der Waals surface area contributed by atoms with Crippen LogP contribution in [0, 0.1) is 22.7 Å². The Labute approximate surface area is 208 Å². The van der Waals surface area contributed by atoms with Crippen molar-refractivity contribution in [1.82, 2.24) is 14.8 Å². The first-order valence-corrected chi connectivity index (χ1v) is 13.0. The predicted molar refractivity (Wildman–Crippen MR) is 136 cm³/mol. The average Bonchev–Trinajstić information content (AvgIpc) is 3.35. The fourth-order valence-electron chi connectivity index (χ4n) is 4.26. The molecule has 1 unspecified atom stereocenters. The van der Waals surface area contributed by atoms with Gasteiger partial charge in [-0.25, -0.2) is 0 Å². The summed E-state index contributed by atoms with van der Waals surface area (Å²) in [5.41, 5.74) is 2.90. The van der Waals surface area contributed by atoms with E-state index in [9.17, 15) is 10.1 Å². The van der Waals surface area contributed by atoms with Crippen molar-refractivity contribution in [3.8, 4) is 23.2 Å². The van der Waals surface area contributed by atoms with Crippen molar-refractivity contribution in [3.63, 3.8) is 0 Å². The van der Waals surface area contributed by atoms with E-state index in [1.54, 1.807) is 18.4 Å². The molecule has 0 aliphatic heterocycles. The van der Waals surface area contributed by atoms with Crippen molar-refractivity contribution in [1.29, 1.82) is 5.26 Å². The molecule has 2 heterocycles. The molecule has 178 valence electrons. The number of methoxy groups -OCH3 is 1.